The van der Waals surface area contributed by atoms with E-state index in [1.807, 2.05) is 30.3 Å². The van der Waals surface area contributed by atoms with Crippen molar-refractivity contribution in [3.63, 3.8) is 0 Å². The van der Waals surface area contributed by atoms with E-state index in [-0.39, 0.29) is 32.2 Å². The normalized spacial score (nSPS) is 10.6. The largest absolute Gasteiger partial charge is 0.486 e. The Labute approximate surface area is 139 Å². The Morgan fingerprint density at radius 3 is 2.48 bits per heavy atom. The van der Waals surface area contributed by atoms with Crippen LogP contribution in [0.25, 0.3) is 0 Å². The van der Waals surface area contributed by atoms with Crippen LogP contribution >= 0.6 is 11.3 Å². The van der Waals surface area contributed by atoms with Crippen LogP contribution in [0.3, 0.4) is 0 Å². The zero-order chi connectivity index (χ0) is 16.7. The Morgan fingerprint density at radius 2 is 1.87 bits per heavy atom. The molecule has 124 valence electrons. The van der Waals surface area contributed by atoms with E-state index in [4.69, 9.17) is 14.9 Å². The first kappa shape index (κ1) is 17.4. The highest BCUT2D eigenvalue weighted by atomic mass is 32.1. The summed E-state index contributed by atoms with van der Waals surface area (Å²) in [6.45, 7) is 2.15. The van der Waals surface area contributed by atoms with Gasteiger partial charge in [0.1, 0.15) is 22.2 Å². The molecule has 2 N–H and O–H groups in total. The fourth-order valence-corrected chi connectivity index (χ4v) is 3.02. The molecule has 0 fully saturated rings. The number of nitrogens with zero attached hydrogens (tertiary/aromatic N) is 2. The molecule has 0 aliphatic heterocycles. The second-order valence-electron chi connectivity index (χ2n) is 4.86. The summed E-state index contributed by atoms with van der Waals surface area (Å²) in [7, 11) is 0. The number of hydrogen-bond donors (Lipinski definition) is 2. The second-order valence-corrected chi connectivity index (χ2v) is 5.95. The Balaban J connectivity index is 2.06. The minimum absolute atomic E-state index is 0.145. The Hall–Kier alpha value is -1.96. The van der Waals surface area contributed by atoms with E-state index in [9.17, 15) is 4.79 Å². The van der Waals surface area contributed by atoms with Gasteiger partial charge in [0.15, 0.2) is 0 Å². The molecule has 1 amide bonds. The number of aryl methyl sites for hydroxylation is 1. The quantitative estimate of drug-likeness (QED) is 0.762. The van der Waals surface area contributed by atoms with Gasteiger partial charge in [-0.15, -0.1) is 11.3 Å². The first-order chi connectivity index (χ1) is 11.2. The maximum absolute atomic E-state index is 12.5. The zero-order valence-electron chi connectivity index (χ0n) is 12.9. The number of carbonyl (C=O) groups excluding carboxylic acids is 1. The highest BCUT2D eigenvalue weighted by Gasteiger charge is 2.21. The number of aromatic nitrogens is 1. The minimum atomic E-state index is -0.228. The molecule has 0 saturated carbocycles. The lowest BCUT2D eigenvalue weighted by molar-refractivity contribution is 0.0688. The van der Waals surface area contributed by atoms with Crippen LogP contribution in [-0.4, -0.2) is 52.3 Å². The van der Waals surface area contributed by atoms with E-state index in [1.165, 1.54) is 16.2 Å². The summed E-state index contributed by atoms with van der Waals surface area (Å²) in [5.41, 5.74) is 0.632. The third kappa shape index (κ3) is 4.75. The number of para-hydroxylation sites is 1. The van der Waals surface area contributed by atoms with E-state index in [0.29, 0.717) is 22.2 Å². The SMILES string of the molecule is Cc1nc(COc2ccccc2)sc1C(=O)N(CCO)CCO. The summed E-state index contributed by atoms with van der Waals surface area (Å²) in [5, 5.41) is 18.8. The summed E-state index contributed by atoms with van der Waals surface area (Å²) in [6, 6.07) is 9.40. The van der Waals surface area contributed by atoms with E-state index >= 15 is 0 Å². The fraction of sp³-hybridized carbons (Fsp3) is 0.375. The molecule has 0 saturated heterocycles. The minimum Gasteiger partial charge on any atom is -0.486 e. The Kier molecular flexibility index (Phi) is 6.52. The smallest absolute Gasteiger partial charge is 0.266 e. The van der Waals surface area contributed by atoms with Gasteiger partial charge in [-0.1, -0.05) is 18.2 Å². The van der Waals surface area contributed by atoms with Crippen molar-refractivity contribution in [2.75, 3.05) is 26.3 Å². The molecular weight excluding hydrogens is 316 g/mol. The maximum Gasteiger partial charge on any atom is 0.266 e. The Morgan fingerprint density at radius 1 is 1.22 bits per heavy atom. The molecule has 0 atom stereocenters. The van der Waals surface area contributed by atoms with Crippen LogP contribution in [0, 0.1) is 6.92 Å². The van der Waals surface area contributed by atoms with Crippen molar-refractivity contribution in [1.29, 1.82) is 0 Å². The van der Waals surface area contributed by atoms with Crippen LogP contribution in [0.15, 0.2) is 30.3 Å². The summed E-state index contributed by atoms with van der Waals surface area (Å²) in [6.07, 6.45) is 0. The third-order valence-corrected chi connectivity index (χ3v) is 4.29. The number of thiazole rings is 1. The second kappa shape index (κ2) is 8.61. The molecule has 0 unspecified atom stereocenters. The summed E-state index contributed by atoms with van der Waals surface area (Å²) in [5.74, 6) is 0.518. The zero-order valence-corrected chi connectivity index (χ0v) is 13.8. The molecular formula is C16H20N2O4S. The summed E-state index contributed by atoms with van der Waals surface area (Å²) in [4.78, 5) is 18.8. The molecule has 1 aromatic carbocycles. The van der Waals surface area contributed by atoms with Crippen LogP contribution in [0.4, 0.5) is 0 Å². The highest BCUT2D eigenvalue weighted by molar-refractivity contribution is 7.13. The maximum atomic E-state index is 12.5. The number of aliphatic hydroxyl groups is 2. The van der Waals surface area contributed by atoms with Gasteiger partial charge in [-0.05, 0) is 19.1 Å². The van der Waals surface area contributed by atoms with E-state index in [1.54, 1.807) is 6.92 Å². The predicted octanol–water partition coefficient (Wildman–Crippen LogP) is 1.46. The Bertz CT molecular complexity index is 624. The first-order valence-corrected chi connectivity index (χ1v) is 8.12. The molecule has 0 aliphatic rings. The summed E-state index contributed by atoms with van der Waals surface area (Å²) < 4.78 is 5.64. The van der Waals surface area contributed by atoms with E-state index < -0.39 is 0 Å². The molecule has 6 nitrogen and oxygen atoms in total. The first-order valence-electron chi connectivity index (χ1n) is 7.31. The van der Waals surface area contributed by atoms with E-state index in [0.717, 1.165) is 5.75 Å². The van der Waals surface area contributed by atoms with Crippen molar-refractivity contribution in [3.05, 3.63) is 45.9 Å². The van der Waals surface area contributed by atoms with Gasteiger partial charge in [-0.2, -0.15) is 0 Å². The van der Waals surface area contributed by atoms with Gasteiger partial charge in [-0.3, -0.25) is 4.79 Å². The molecule has 0 spiro atoms. The van der Waals surface area contributed by atoms with E-state index in [2.05, 4.69) is 4.98 Å². The number of hydrogen-bond acceptors (Lipinski definition) is 6. The molecule has 1 aromatic heterocycles. The molecule has 23 heavy (non-hydrogen) atoms. The number of ether oxygens (including phenoxy) is 1. The van der Waals surface area contributed by atoms with Gasteiger partial charge in [0.25, 0.3) is 5.91 Å². The molecule has 1 heterocycles. The standard InChI is InChI=1S/C16H20N2O4S/c1-12-15(16(21)18(7-9-19)8-10-20)23-14(17-12)11-22-13-5-3-2-4-6-13/h2-6,19-20H,7-11H2,1H3. The van der Waals surface area contributed by atoms with Gasteiger partial charge >= 0.3 is 0 Å². The fourth-order valence-electron chi connectivity index (χ4n) is 2.07. The van der Waals surface area contributed by atoms with Crippen molar-refractivity contribution in [2.45, 2.75) is 13.5 Å². The molecule has 0 aliphatic carbocycles. The number of benzene rings is 1. The molecule has 0 bridgehead atoms. The van der Waals surface area contributed by atoms with Gasteiger partial charge in [0.2, 0.25) is 0 Å². The average molecular weight is 336 g/mol. The van der Waals surface area contributed by atoms with Crippen molar-refractivity contribution >= 4 is 17.2 Å². The number of aliphatic hydroxyl groups excluding tert-OH is 2. The highest BCUT2D eigenvalue weighted by Crippen LogP contribution is 2.21. The van der Waals surface area contributed by atoms with Crippen molar-refractivity contribution in [1.82, 2.24) is 9.88 Å². The number of amides is 1. The molecule has 2 rings (SSSR count). The molecule has 2 aromatic rings. The number of rotatable bonds is 8. The topological polar surface area (TPSA) is 82.9 Å². The predicted molar refractivity (Wildman–Crippen MR) is 87.7 cm³/mol. The summed E-state index contributed by atoms with van der Waals surface area (Å²) >= 11 is 1.28. The molecule has 7 heteroatoms. The van der Waals surface area contributed by atoms with Crippen LogP contribution in [0.5, 0.6) is 5.75 Å². The van der Waals surface area contributed by atoms with Crippen LogP contribution < -0.4 is 4.74 Å². The lowest BCUT2D eigenvalue weighted by atomic mass is 10.3. The van der Waals surface area contributed by atoms with Gasteiger partial charge in [-0.25, -0.2) is 4.98 Å². The van der Waals surface area contributed by atoms with Crippen molar-refractivity contribution < 1.29 is 19.7 Å². The lowest BCUT2D eigenvalue weighted by Crippen LogP contribution is -2.35. The number of carbonyl (C=O) groups is 1. The van der Waals surface area contributed by atoms with Crippen LogP contribution in [0.2, 0.25) is 0 Å². The van der Waals surface area contributed by atoms with Crippen molar-refractivity contribution in [3.8, 4) is 5.75 Å². The van der Waals surface area contributed by atoms with Crippen LogP contribution in [0.1, 0.15) is 20.4 Å². The molecule has 0 radical (unpaired) electrons. The van der Waals surface area contributed by atoms with Gasteiger partial charge in [0.05, 0.1) is 18.9 Å². The lowest BCUT2D eigenvalue weighted by Gasteiger charge is -2.19. The third-order valence-electron chi connectivity index (χ3n) is 3.17. The van der Waals surface area contributed by atoms with Crippen molar-refractivity contribution in [2.24, 2.45) is 0 Å². The van der Waals surface area contributed by atoms with Gasteiger partial charge in [0, 0.05) is 13.1 Å². The monoisotopic (exact) mass is 336 g/mol. The van der Waals surface area contributed by atoms with Crippen LogP contribution in [-0.2, 0) is 6.61 Å². The average Bonchev–Trinajstić information content (AvgIpc) is 2.94. The van der Waals surface area contributed by atoms with Gasteiger partial charge < -0.3 is 19.8 Å².